The largest absolute Gasteiger partial charge is 0.382 e. The summed E-state index contributed by atoms with van der Waals surface area (Å²) in [7, 11) is 0. The van der Waals surface area contributed by atoms with E-state index < -0.39 is 0 Å². The Hall–Kier alpha value is -2.79. The molecular weight excluding hydrogens is 306 g/mol. The van der Waals surface area contributed by atoms with Crippen molar-refractivity contribution in [3.8, 4) is 11.3 Å². The molecule has 0 unspecified atom stereocenters. The van der Waals surface area contributed by atoms with Gasteiger partial charge in [0.1, 0.15) is 10.8 Å². The van der Waals surface area contributed by atoms with E-state index in [0.717, 1.165) is 21.2 Å². The molecule has 0 bridgehead atoms. The fourth-order valence-electron chi connectivity index (χ4n) is 2.57. The van der Waals surface area contributed by atoms with Gasteiger partial charge in [-0.05, 0) is 6.07 Å². The maximum absolute atomic E-state index is 12.5. The van der Waals surface area contributed by atoms with E-state index in [1.807, 2.05) is 48.5 Å². The molecular formula is C18H13N3OS. The topological polar surface area (TPSA) is 60.9 Å². The van der Waals surface area contributed by atoms with Crippen LogP contribution >= 0.6 is 11.8 Å². The molecule has 0 atom stereocenters. The van der Waals surface area contributed by atoms with Crippen LogP contribution in [0.4, 0.5) is 5.82 Å². The second kappa shape index (κ2) is 5.44. The van der Waals surface area contributed by atoms with E-state index in [2.05, 4.69) is 5.10 Å². The van der Waals surface area contributed by atoms with Crippen LogP contribution < -0.4 is 5.73 Å². The molecule has 0 saturated heterocycles. The first kappa shape index (κ1) is 13.8. The number of carbonyl (C=O) groups excluding carboxylic acids is 1. The number of allylic oxidation sites excluding steroid dienone is 1. The van der Waals surface area contributed by atoms with Crippen molar-refractivity contribution in [3.63, 3.8) is 0 Å². The smallest absolute Gasteiger partial charge is 0.188 e. The van der Waals surface area contributed by atoms with Crippen molar-refractivity contribution in [2.75, 3.05) is 5.73 Å². The zero-order chi connectivity index (χ0) is 15.8. The van der Waals surface area contributed by atoms with Crippen LogP contribution in [-0.4, -0.2) is 15.6 Å². The zero-order valence-corrected chi connectivity index (χ0v) is 13.0. The minimum absolute atomic E-state index is 0.0486. The van der Waals surface area contributed by atoms with Crippen LogP contribution in [-0.2, 0) is 0 Å². The predicted octanol–water partition coefficient (Wildman–Crippen LogP) is 3.92. The molecule has 3 aromatic rings. The standard InChI is InChI=1S/C18H13N3OS/c19-17-10-14-13-8-4-5-9-16(13)23-18(21(14)20-17)11-15(22)12-6-2-1-3-7-12/h1-11H,(H2,19,20)/b18-11-. The number of thioether (sulfide) groups is 1. The number of ketones is 1. The molecule has 2 N–H and O–H groups in total. The van der Waals surface area contributed by atoms with Crippen molar-refractivity contribution < 1.29 is 4.79 Å². The first-order valence-electron chi connectivity index (χ1n) is 7.16. The molecule has 112 valence electrons. The number of hydrogen-bond donors (Lipinski definition) is 1. The molecule has 0 amide bonds. The van der Waals surface area contributed by atoms with Crippen LogP contribution in [0.25, 0.3) is 16.3 Å². The number of fused-ring (bicyclic) bond motifs is 3. The lowest BCUT2D eigenvalue weighted by Crippen LogP contribution is -2.07. The molecule has 1 aliphatic heterocycles. The summed E-state index contributed by atoms with van der Waals surface area (Å²) in [6.07, 6.45) is 1.62. The summed E-state index contributed by atoms with van der Waals surface area (Å²) >= 11 is 1.52. The molecule has 2 heterocycles. The Morgan fingerprint density at radius 1 is 1.09 bits per heavy atom. The average Bonchev–Trinajstić information content (AvgIpc) is 2.98. The van der Waals surface area contributed by atoms with Gasteiger partial charge in [-0.1, -0.05) is 60.3 Å². The molecule has 0 saturated carbocycles. The number of nitrogens with zero attached hydrogens (tertiary/aromatic N) is 2. The van der Waals surface area contributed by atoms with E-state index in [-0.39, 0.29) is 5.78 Å². The summed E-state index contributed by atoms with van der Waals surface area (Å²) in [6, 6.07) is 19.1. The van der Waals surface area contributed by atoms with E-state index in [1.54, 1.807) is 22.9 Å². The Morgan fingerprint density at radius 2 is 1.83 bits per heavy atom. The molecule has 4 nitrogen and oxygen atoms in total. The Balaban J connectivity index is 1.82. The van der Waals surface area contributed by atoms with Gasteiger partial charge in [-0.15, -0.1) is 5.10 Å². The Labute approximate surface area is 137 Å². The van der Waals surface area contributed by atoms with Gasteiger partial charge in [-0.3, -0.25) is 4.79 Å². The summed E-state index contributed by atoms with van der Waals surface area (Å²) in [5.41, 5.74) is 8.50. The SMILES string of the molecule is Nc1cc2n(n1)/C(=C/C(=O)c1ccccc1)Sc1ccccc1-2. The van der Waals surface area contributed by atoms with Gasteiger partial charge in [0, 0.05) is 28.2 Å². The van der Waals surface area contributed by atoms with E-state index >= 15 is 0 Å². The molecule has 4 rings (SSSR count). The van der Waals surface area contributed by atoms with Gasteiger partial charge < -0.3 is 5.73 Å². The van der Waals surface area contributed by atoms with Crippen molar-refractivity contribution >= 4 is 28.4 Å². The van der Waals surface area contributed by atoms with Crippen molar-refractivity contribution in [1.82, 2.24) is 9.78 Å². The van der Waals surface area contributed by atoms with E-state index in [0.29, 0.717) is 11.4 Å². The van der Waals surface area contributed by atoms with Crippen LogP contribution in [0.5, 0.6) is 0 Å². The third kappa shape index (κ3) is 2.45. The molecule has 0 spiro atoms. The fraction of sp³-hybridized carbons (Fsp3) is 0. The number of aromatic nitrogens is 2. The van der Waals surface area contributed by atoms with Crippen molar-refractivity contribution in [1.29, 1.82) is 0 Å². The molecule has 0 fully saturated rings. The highest BCUT2D eigenvalue weighted by Crippen LogP contribution is 2.44. The van der Waals surface area contributed by atoms with Gasteiger partial charge in [0.15, 0.2) is 5.78 Å². The second-order valence-corrected chi connectivity index (χ2v) is 6.24. The first-order valence-corrected chi connectivity index (χ1v) is 7.98. The van der Waals surface area contributed by atoms with Gasteiger partial charge in [-0.2, -0.15) is 0 Å². The Morgan fingerprint density at radius 3 is 2.65 bits per heavy atom. The lowest BCUT2D eigenvalue weighted by molar-refractivity contribution is 0.104. The van der Waals surface area contributed by atoms with Crippen molar-refractivity contribution in [2.24, 2.45) is 0 Å². The molecule has 1 aromatic heterocycles. The third-order valence-corrected chi connectivity index (χ3v) is 4.70. The highest BCUT2D eigenvalue weighted by molar-refractivity contribution is 8.08. The van der Waals surface area contributed by atoms with E-state index in [9.17, 15) is 4.79 Å². The van der Waals surface area contributed by atoms with Gasteiger partial charge in [0.25, 0.3) is 0 Å². The summed E-state index contributed by atoms with van der Waals surface area (Å²) in [5, 5.41) is 5.09. The second-order valence-electron chi connectivity index (χ2n) is 5.18. The first-order chi connectivity index (χ1) is 11.2. The quantitative estimate of drug-likeness (QED) is 0.574. The minimum Gasteiger partial charge on any atom is -0.382 e. The number of benzene rings is 2. The summed E-state index contributed by atoms with van der Waals surface area (Å²) in [4.78, 5) is 13.6. The number of hydrogen-bond acceptors (Lipinski definition) is 4. The van der Waals surface area contributed by atoms with Crippen molar-refractivity contribution in [3.05, 3.63) is 72.3 Å². The van der Waals surface area contributed by atoms with Crippen molar-refractivity contribution in [2.45, 2.75) is 4.90 Å². The van der Waals surface area contributed by atoms with Crippen LogP contribution in [0.1, 0.15) is 10.4 Å². The predicted molar refractivity (Wildman–Crippen MR) is 93.0 cm³/mol. The maximum Gasteiger partial charge on any atom is 0.188 e. The number of rotatable bonds is 2. The van der Waals surface area contributed by atoms with Crippen LogP contribution in [0.3, 0.4) is 0 Å². The lowest BCUT2D eigenvalue weighted by Gasteiger charge is -2.19. The Bertz CT molecular complexity index is 928. The lowest BCUT2D eigenvalue weighted by atomic mass is 10.1. The fourth-order valence-corrected chi connectivity index (χ4v) is 3.62. The molecule has 0 radical (unpaired) electrons. The molecule has 2 aromatic carbocycles. The highest BCUT2D eigenvalue weighted by atomic mass is 32.2. The number of nitrogens with two attached hydrogens (primary N) is 1. The van der Waals surface area contributed by atoms with Gasteiger partial charge in [-0.25, -0.2) is 4.68 Å². The third-order valence-electron chi connectivity index (χ3n) is 3.63. The van der Waals surface area contributed by atoms with Gasteiger partial charge in [0.05, 0.1) is 5.69 Å². The van der Waals surface area contributed by atoms with Crippen LogP contribution in [0.2, 0.25) is 0 Å². The van der Waals surface area contributed by atoms with E-state index in [4.69, 9.17) is 5.73 Å². The molecule has 23 heavy (non-hydrogen) atoms. The van der Waals surface area contributed by atoms with E-state index in [1.165, 1.54) is 11.8 Å². The number of anilines is 1. The average molecular weight is 319 g/mol. The number of nitrogen functional groups attached to an aromatic ring is 1. The number of carbonyl (C=O) groups is 1. The van der Waals surface area contributed by atoms with Gasteiger partial charge >= 0.3 is 0 Å². The zero-order valence-electron chi connectivity index (χ0n) is 12.1. The highest BCUT2D eigenvalue weighted by Gasteiger charge is 2.23. The van der Waals surface area contributed by atoms with Crippen LogP contribution in [0, 0.1) is 0 Å². The molecule has 1 aliphatic rings. The summed E-state index contributed by atoms with van der Waals surface area (Å²) in [6.45, 7) is 0. The Kier molecular flexibility index (Phi) is 3.28. The minimum atomic E-state index is -0.0486. The van der Waals surface area contributed by atoms with Gasteiger partial charge in [0.2, 0.25) is 0 Å². The molecule has 0 aliphatic carbocycles. The normalized spacial score (nSPS) is 14.3. The summed E-state index contributed by atoms with van der Waals surface area (Å²) in [5.74, 6) is 0.392. The summed E-state index contributed by atoms with van der Waals surface area (Å²) < 4.78 is 1.74. The monoisotopic (exact) mass is 319 g/mol. The maximum atomic E-state index is 12.5. The van der Waals surface area contributed by atoms with Crippen LogP contribution in [0.15, 0.2) is 71.6 Å². The molecule has 5 heteroatoms.